The Morgan fingerprint density at radius 3 is 2.50 bits per heavy atom. The molecule has 5 heteroatoms. The second kappa shape index (κ2) is 4.49. The third-order valence-corrected chi connectivity index (χ3v) is 2.42. The van der Waals surface area contributed by atoms with Crippen molar-refractivity contribution in [1.29, 1.82) is 0 Å². The van der Waals surface area contributed by atoms with Crippen molar-refractivity contribution < 1.29 is 17.9 Å². The third kappa shape index (κ3) is 2.85. The molecule has 1 rings (SSSR count). The molecule has 0 radical (unpaired) electrons. The van der Waals surface area contributed by atoms with Gasteiger partial charge in [0.05, 0.1) is 6.61 Å². The monoisotopic (exact) mass is 211 g/mol. The summed E-state index contributed by atoms with van der Waals surface area (Å²) in [4.78, 5) is 1.47. The van der Waals surface area contributed by atoms with E-state index in [4.69, 9.17) is 4.74 Å². The van der Waals surface area contributed by atoms with Gasteiger partial charge in [-0.1, -0.05) is 0 Å². The zero-order valence-electron chi connectivity index (χ0n) is 8.47. The van der Waals surface area contributed by atoms with E-state index in [0.717, 1.165) is 0 Å². The van der Waals surface area contributed by atoms with Crippen molar-refractivity contribution in [2.45, 2.75) is 38.5 Å². The fourth-order valence-electron chi connectivity index (χ4n) is 1.70. The summed E-state index contributed by atoms with van der Waals surface area (Å²) >= 11 is 0. The van der Waals surface area contributed by atoms with Crippen molar-refractivity contribution in [3.63, 3.8) is 0 Å². The second-order valence-electron chi connectivity index (χ2n) is 3.82. The molecule has 1 saturated heterocycles. The highest BCUT2D eigenvalue weighted by molar-refractivity contribution is 4.82. The summed E-state index contributed by atoms with van der Waals surface area (Å²) < 4.78 is 42.8. The third-order valence-electron chi connectivity index (χ3n) is 2.42. The molecule has 1 aliphatic rings. The summed E-state index contributed by atoms with van der Waals surface area (Å²) in [6.45, 7) is 4.22. The van der Waals surface area contributed by atoms with E-state index in [0.29, 0.717) is 19.6 Å². The predicted octanol–water partition coefficient (Wildman–Crippen LogP) is 2.05. The van der Waals surface area contributed by atoms with Crippen LogP contribution in [-0.4, -0.2) is 42.9 Å². The Bertz CT molecular complexity index is 181. The van der Waals surface area contributed by atoms with Gasteiger partial charge >= 0.3 is 6.18 Å². The Kier molecular flexibility index (Phi) is 3.78. The van der Waals surface area contributed by atoms with Crippen LogP contribution in [0.1, 0.15) is 20.3 Å². The first kappa shape index (κ1) is 11.8. The van der Waals surface area contributed by atoms with Gasteiger partial charge in [-0.15, -0.1) is 0 Å². The number of alkyl halides is 3. The quantitative estimate of drug-likeness (QED) is 0.658. The summed E-state index contributed by atoms with van der Waals surface area (Å²) in [7, 11) is 0. The first-order chi connectivity index (χ1) is 6.43. The normalized spacial score (nSPS) is 26.6. The average molecular weight is 211 g/mol. The lowest BCUT2D eigenvalue weighted by Crippen LogP contribution is -2.50. The first-order valence-electron chi connectivity index (χ1n) is 4.83. The van der Waals surface area contributed by atoms with E-state index >= 15 is 0 Å². The molecule has 84 valence electrons. The molecule has 0 spiro atoms. The minimum Gasteiger partial charge on any atom is -0.379 e. The van der Waals surface area contributed by atoms with Gasteiger partial charge in [-0.3, -0.25) is 4.90 Å². The first-order valence-corrected chi connectivity index (χ1v) is 4.83. The van der Waals surface area contributed by atoms with E-state index in [9.17, 15) is 13.2 Å². The van der Waals surface area contributed by atoms with Crippen LogP contribution in [0.3, 0.4) is 0 Å². The summed E-state index contributed by atoms with van der Waals surface area (Å²) in [5, 5.41) is 0. The topological polar surface area (TPSA) is 12.5 Å². The van der Waals surface area contributed by atoms with E-state index in [1.807, 2.05) is 0 Å². The van der Waals surface area contributed by atoms with Crippen LogP contribution in [0.4, 0.5) is 13.2 Å². The second-order valence-corrected chi connectivity index (χ2v) is 3.82. The lowest BCUT2D eigenvalue weighted by molar-refractivity contribution is -0.195. The molecule has 0 aromatic carbocycles. The number of halogens is 3. The Balaban J connectivity index is 2.74. The molecule has 0 aromatic heterocycles. The zero-order valence-corrected chi connectivity index (χ0v) is 8.47. The molecule has 0 saturated carbocycles. The zero-order chi connectivity index (χ0) is 10.8. The minimum atomic E-state index is -4.19. The van der Waals surface area contributed by atoms with E-state index in [1.165, 1.54) is 4.90 Å². The number of ether oxygens (including phenoxy) is 1. The Labute approximate surface area is 82.0 Å². The van der Waals surface area contributed by atoms with Gasteiger partial charge < -0.3 is 4.74 Å². The molecule has 2 nitrogen and oxygen atoms in total. The average Bonchev–Trinajstić information content (AvgIpc) is 2.26. The Hall–Kier alpha value is -0.290. The van der Waals surface area contributed by atoms with Gasteiger partial charge in [-0.25, -0.2) is 0 Å². The molecule has 0 aromatic rings. The van der Waals surface area contributed by atoms with Crippen molar-refractivity contribution in [3.8, 4) is 0 Å². The SMILES string of the molecule is CC(C)N1CCCOCC1C(F)(F)F. The largest absolute Gasteiger partial charge is 0.406 e. The number of hydrogen-bond donors (Lipinski definition) is 0. The van der Waals surface area contributed by atoms with E-state index in [1.54, 1.807) is 13.8 Å². The Morgan fingerprint density at radius 2 is 2.00 bits per heavy atom. The molecule has 14 heavy (non-hydrogen) atoms. The predicted molar refractivity (Wildman–Crippen MR) is 47.1 cm³/mol. The van der Waals surface area contributed by atoms with Crippen molar-refractivity contribution in [1.82, 2.24) is 4.90 Å². The maximum absolute atomic E-state index is 12.6. The molecule has 0 N–H and O–H groups in total. The molecule has 0 amide bonds. The highest BCUT2D eigenvalue weighted by Crippen LogP contribution is 2.28. The molecule has 1 atom stereocenters. The van der Waals surface area contributed by atoms with Crippen molar-refractivity contribution >= 4 is 0 Å². The van der Waals surface area contributed by atoms with Crippen LogP contribution in [0.25, 0.3) is 0 Å². The van der Waals surface area contributed by atoms with E-state index in [-0.39, 0.29) is 12.6 Å². The highest BCUT2D eigenvalue weighted by atomic mass is 19.4. The molecule has 0 bridgehead atoms. The fourth-order valence-corrected chi connectivity index (χ4v) is 1.70. The smallest absolute Gasteiger partial charge is 0.379 e. The van der Waals surface area contributed by atoms with Gasteiger partial charge in [0.25, 0.3) is 0 Å². The van der Waals surface area contributed by atoms with Gasteiger partial charge in [0.1, 0.15) is 6.04 Å². The molecular weight excluding hydrogens is 195 g/mol. The summed E-state index contributed by atoms with van der Waals surface area (Å²) in [6.07, 6.45) is -3.51. The standard InChI is InChI=1S/C9H16F3NO/c1-7(2)13-4-3-5-14-6-8(13)9(10,11)12/h7-8H,3-6H2,1-2H3. The van der Waals surface area contributed by atoms with Crippen LogP contribution in [0, 0.1) is 0 Å². The van der Waals surface area contributed by atoms with Crippen LogP contribution in [0.5, 0.6) is 0 Å². The number of hydrogen-bond acceptors (Lipinski definition) is 2. The van der Waals surface area contributed by atoms with Crippen LogP contribution < -0.4 is 0 Å². The lowest BCUT2D eigenvalue weighted by atomic mass is 10.2. The Morgan fingerprint density at radius 1 is 1.36 bits per heavy atom. The minimum absolute atomic E-state index is 0.0941. The van der Waals surface area contributed by atoms with Crippen LogP contribution in [0.15, 0.2) is 0 Å². The van der Waals surface area contributed by atoms with Crippen molar-refractivity contribution in [3.05, 3.63) is 0 Å². The number of rotatable bonds is 1. The van der Waals surface area contributed by atoms with Gasteiger partial charge in [0.2, 0.25) is 0 Å². The fraction of sp³-hybridized carbons (Fsp3) is 1.00. The summed E-state index contributed by atoms with van der Waals surface area (Å²) in [5.41, 5.74) is 0. The van der Waals surface area contributed by atoms with Crippen molar-refractivity contribution in [2.24, 2.45) is 0 Å². The maximum Gasteiger partial charge on any atom is 0.406 e. The van der Waals surface area contributed by atoms with Gasteiger partial charge in [-0.2, -0.15) is 13.2 Å². The molecular formula is C9H16F3NO. The molecule has 1 unspecified atom stereocenters. The molecule has 1 heterocycles. The summed E-state index contributed by atoms with van der Waals surface area (Å²) in [6, 6.07) is -1.53. The van der Waals surface area contributed by atoms with E-state index < -0.39 is 12.2 Å². The molecule has 0 aliphatic carbocycles. The van der Waals surface area contributed by atoms with Gasteiger partial charge in [-0.05, 0) is 20.3 Å². The molecule has 1 fully saturated rings. The van der Waals surface area contributed by atoms with Gasteiger partial charge in [0, 0.05) is 19.2 Å². The highest BCUT2D eigenvalue weighted by Gasteiger charge is 2.45. The molecule has 1 aliphatic heterocycles. The van der Waals surface area contributed by atoms with Crippen LogP contribution in [-0.2, 0) is 4.74 Å². The van der Waals surface area contributed by atoms with Crippen LogP contribution in [0.2, 0.25) is 0 Å². The van der Waals surface area contributed by atoms with Crippen LogP contribution >= 0.6 is 0 Å². The van der Waals surface area contributed by atoms with Crippen molar-refractivity contribution in [2.75, 3.05) is 19.8 Å². The number of nitrogens with zero attached hydrogens (tertiary/aromatic N) is 1. The maximum atomic E-state index is 12.6. The van der Waals surface area contributed by atoms with Gasteiger partial charge in [0.15, 0.2) is 0 Å². The van der Waals surface area contributed by atoms with E-state index in [2.05, 4.69) is 0 Å². The summed E-state index contributed by atoms with van der Waals surface area (Å²) in [5.74, 6) is 0. The lowest BCUT2D eigenvalue weighted by Gasteiger charge is -2.33.